The summed E-state index contributed by atoms with van der Waals surface area (Å²) in [6.45, 7) is 3.51. The number of ether oxygens (including phenoxy) is 1. The second-order valence-electron chi connectivity index (χ2n) is 4.43. The zero-order valence-electron chi connectivity index (χ0n) is 10.9. The van der Waals surface area contributed by atoms with Crippen molar-refractivity contribution in [1.29, 1.82) is 0 Å². The van der Waals surface area contributed by atoms with Gasteiger partial charge in [0.05, 0.1) is 0 Å². The lowest BCUT2D eigenvalue weighted by Crippen LogP contribution is -2.54. The summed E-state index contributed by atoms with van der Waals surface area (Å²) in [6, 6.07) is 2.79. The molecule has 1 unspecified atom stereocenters. The van der Waals surface area contributed by atoms with E-state index in [9.17, 15) is 13.6 Å². The molecule has 0 heterocycles. The molecule has 6 heteroatoms. The van der Waals surface area contributed by atoms with Crippen LogP contribution in [-0.4, -0.2) is 29.8 Å². The first kappa shape index (κ1) is 15.4. The highest BCUT2D eigenvalue weighted by molar-refractivity contribution is 5.78. The number of halogens is 2. The molecule has 0 aliphatic carbocycles. The van der Waals surface area contributed by atoms with Crippen LogP contribution < -0.4 is 10.1 Å². The van der Waals surface area contributed by atoms with Crippen LogP contribution >= 0.6 is 0 Å². The summed E-state index contributed by atoms with van der Waals surface area (Å²) in [4.78, 5) is 11.2. The summed E-state index contributed by atoms with van der Waals surface area (Å²) < 4.78 is 31.4. The number of nitrogens with one attached hydrogen (secondary N) is 1. The van der Waals surface area contributed by atoms with E-state index in [0.29, 0.717) is 6.54 Å². The Morgan fingerprint density at radius 1 is 1.47 bits per heavy atom. The molecule has 0 radical (unpaired) electrons. The van der Waals surface area contributed by atoms with Gasteiger partial charge in [-0.15, -0.1) is 0 Å². The molecule has 1 aromatic rings. The van der Waals surface area contributed by atoms with Gasteiger partial charge in [0.25, 0.3) is 0 Å². The van der Waals surface area contributed by atoms with Gasteiger partial charge in [-0.05, 0) is 32.0 Å². The molecule has 0 saturated heterocycles. The van der Waals surface area contributed by atoms with Crippen molar-refractivity contribution in [3.05, 3.63) is 29.8 Å². The third-order valence-electron chi connectivity index (χ3n) is 2.65. The van der Waals surface area contributed by atoms with Gasteiger partial charge in [-0.25, -0.2) is 8.78 Å². The van der Waals surface area contributed by atoms with Crippen LogP contribution in [0.3, 0.4) is 0 Å². The van der Waals surface area contributed by atoms with E-state index in [1.807, 2.05) is 6.92 Å². The lowest BCUT2D eigenvalue weighted by molar-refractivity contribution is -0.145. The Balaban J connectivity index is 2.76. The van der Waals surface area contributed by atoms with Gasteiger partial charge in [-0.3, -0.25) is 10.1 Å². The molecular formula is C13H17F2NO3. The minimum atomic E-state index is -1.35. The maximum absolute atomic E-state index is 13.3. The van der Waals surface area contributed by atoms with Crippen LogP contribution in [-0.2, 0) is 4.79 Å². The molecule has 0 bridgehead atoms. The van der Waals surface area contributed by atoms with E-state index in [-0.39, 0.29) is 12.4 Å². The first-order chi connectivity index (χ1) is 8.89. The zero-order chi connectivity index (χ0) is 14.5. The number of hydrogen-bond acceptors (Lipinski definition) is 3. The number of benzene rings is 1. The number of hydrogen-bond donors (Lipinski definition) is 2. The standard InChI is InChI=1S/C13H17F2NO3/c1-3-6-16-13(2,12(17)18)8-19-11-7-9(14)4-5-10(11)15/h4-5,7,16H,3,6,8H2,1-2H3,(H,17,18). The Morgan fingerprint density at radius 2 is 2.16 bits per heavy atom. The van der Waals surface area contributed by atoms with Gasteiger partial charge in [0.15, 0.2) is 11.6 Å². The van der Waals surface area contributed by atoms with Crippen LogP contribution in [0.1, 0.15) is 20.3 Å². The van der Waals surface area contributed by atoms with Crippen LogP contribution in [0.5, 0.6) is 5.75 Å². The Bertz CT molecular complexity index is 454. The number of carboxylic acid groups (broad SMARTS) is 1. The van der Waals surface area contributed by atoms with Gasteiger partial charge in [-0.1, -0.05) is 6.92 Å². The van der Waals surface area contributed by atoms with Crippen molar-refractivity contribution >= 4 is 5.97 Å². The monoisotopic (exact) mass is 273 g/mol. The van der Waals surface area contributed by atoms with Crippen molar-refractivity contribution in [3.8, 4) is 5.75 Å². The molecule has 0 amide bonds. The fraction of sp³-hybridized carbons (Fsp3) is 0.462. The third-order valence-corrected chi connectivity index (χ3v) is 2.65. The van der Waals surface area contributed by atoms with Crippen molar-refractivity contribution in [2.45, 2.75) is 25.8 Å². The molecule has 2 N–H and O–H groups in total. The third kappa shape index (κ3) is 4.17. The van der Waals surface area contributed by atoms with Crippen molar-refractivity contribution in [2.24, 2.45) is 0 Å². The summed E-state index contributed by atoms with van der Waals surface area (Å²) in [7, 11) is 0. The Morgan fingerprint density at radius 3 is 2.74 bits per heavy atom. The lowest BCUT2D eigenvalue weighted by Gasteiger charge is -2.26. The molecule has 106 valence electrons. The smallest absolute Gasteiger partial charge is 0.327 e. The molecule has 0 saturated carbocycles. The summed E-state index contributed by atoms with van der Waals surface area (Å²) in [5.41, 5.74) is -1.35. The molecule has 1 aromatic carbocycles. The first-order valence-electron chi connectivity index (χ1n) is 5.95. The van der Waals surface area contributed by atoms with Crippen LogP contribution in [0.2, 0.25) is 0 Å². The second-order valence-corrected chi connectivity index (χ2v) is 4.43. The quantitative estimate of drug-likeness (QED) is 0.799. The molecule has 0 aliphatic rings. The van der Waals surface area contributed by atoms with Gasteiger partial charge < -0.3 is 9.84 Å². The number of aliphatic carboxylic acids is 1. The molecule has 4 nitrogen and oxygen atoms in total. The van der Waals surface area contributed by atoms with E-state index in [1.165, 1.54) is 6.92 Å². The maximum atomic E-state index is 13.3. The van der Waals surface area contributed by atoms with Gasteiger partial charge in [0, 0.05) is 6.07 Å². The highest BCUT2D eigenvalue weighted by atomic mass is 19.1. The maximum Gasteiger partial charge on any atom is 0.327 e. The molecular weight excluding hydrogens is 256 g/mol. The number of rotatable bonds is 7. The number of carboxylic acids is 1. The normalized spacial score (nSPS) is 13.9. The molecule has 1 atom stereocenters. The highest BCUT2D eigenvalue weighted by Crippen LogP contribution is 2.19. The zero-order valence-corrected chi connectivity index (χ0v) is 10.9. The van der Waals surface area contributed by atoms with Gasteiger partial charge in [0.1, 0.15) is 18.0 Å². The molecule has 0 aliphatic heterocycles. The van der Waals surface area contributed by atoms with Crippen LogP contribution in [0.15, 0.2) is 18.2 Å². The Labute approximate surface area is 110 Å². The van der Waals surface area contributed by atoms with Crippen LogP contribution in [0, 0.1) is 11.6 Å². The van der Waals surface area contributed by atoms with Crippen LogP contribution in [0.4, 0.5) is 8.78 Å². The summed E-state index contributed by atoms with van der Waals surface area (Å²) >= 11 is 0. The van der Waals surface area contributed by atoms with E-state index in [0.717, 1.165) is 24.6 Å². The lowest BCUT2D eigenvalue weighted by atomic mass is 10.0. The SMILES string of the molecule is CCCNC(C)(COc1cc(F)ccc1F)C(=O)O. The van der Waals surface area contributed by atoms with Crippen molar-refractivity contribution < 1.29 is 23.4 Å². The van der Waals surface area contributed by atoms with Crippen molar-refractivity contribution in [3.63, 3.8) is 0 Å². The van der Waals surface area contributed by atoms with E-state index in [1.54, 1.807) is 0 Å². The Kier molecular flexibility index (Phi) is 5.23. The first-order valence-corrected chi connectivity index (χ1v) is 5.95. The predicted octanol–water partition coefficient (Wildman–Crippen LogP) is 2.19. The van der Waals surface area contributed by atoms with Crippen molar-refractivity contribution in [1.82, 2.24) is 5.32 Å². The van der Waals surface area contributed by atoms with E-state index < -0.39 is 23.1 Å². The van der Waals surface area contributed by atoms with E-state index in [4.69, 9.17) is 9.84 Å². The fourth-order valence-electron chi connectivity index (χ4n) is 1.40. The van der Waals surface area contributed by atoms with Crippen molar-refractivity contribution in [2.75, 3.05) is 13.2 Å². The average molecular weight is 273 g/mol. The van der Waals surface area contributed by atoms with E-state index >= 15 is 0 Å². The predicted molar refractivity (Wildman–Crippen MR) is 66.2 cm³/mol. The van der Waals surface area contributed by atoms with Gasteiger partial charge in [0.2, 0.25) is 0 Å². The number of carbonyl (C=O) groups is 1. The summed E-state index contributed by atoms with van der Waals surface area (Å²) in [5, 5.41) is 12.0. The second kappa shape index (κ2) is 6.47. The summed E-state index contributed by atoms with van der Waals surface area (Å²) in [5.74, 6) is -2.79. The molecule has 0 spiro atoms. The minimum absolute atomic E-state index is 0.300. The fourth-order valence-corrected chi connectivity index (χ4v) is 1.40. The topological polar surface area (TPSA) is 58.6 Å². The molecule has 1 rings (SSSR count). The minimum Gasteiger partial charge on any atom is -0.488 e. The summed E-state index contributed by atoms with van der Waals surface area (Å²) in [6.07, 6.45) is 0.747. The highest BCUT2D eigenvalue weighted by Gasteiger charge is 2.33. The molecule has 19 heavy (non-hydrogen) atoms. The molecule has 0 fully saturated rings. The van der Waals surface area contributed by atoms with Gasteiger partial charge >= 0.3 is 5.97 Å². The van der Waals surface area contributed by atoms with Crippen LogP contribution in [0.25, 0.3) is 0 Å². The largest absolute Gasteiger partial charge is 0.488 e. The average Bonchev–Trinajstić information content (AvgIpc) is 2.37. The Hall–Kier alpha value is -1.69. The molecule has 0 aromatic heterocycles. The van der Waals surface area contributed by atoms with Gasteiger partial charge in [-0.2, -0.15) is 0 Å². The van der Waals surface area contributed by atoms with E-state index in [2.05, 4.69) is 5.32 Å².